The minimum atomic E-state index is -0.528. The van der Waals surface area contributed by atoms with Gasteiger partial charge < -0.3 is 15.1 Å². The Morgan fingerprint density at radius 1 is 1.42 bits per heavy atom. The lowest BCUT2D eigenvalue weighted by molar-refractivity contribution is -0.131. The van der Waals surface area contributed by atoms with Gasteiger partial charge >= 0.3 is 0 Å². The maximum absolute atomic E-state index is 12.2. The van der Waals surface area contributed by atoms with E-state index in [-0.39, 0.29) is 5.91 Å². The topological polar surface area (TPSA) is 53.9 Å². The number of likely N-dealkylation sites (tertiary alicyclic amines) is 1. The second kappa shape index (κ2) is 7.85. The summed E-state index contributed by atoms with van der Waals surface area (Å²) < 4.78 is 0.714. The van der Waals surface area contributed by atoms with Crippen molar-refractivity contribution in [1.82, 2.24) is 10.2 Å². The van der Waals surface area contributed by atoms with Crippen LogP contribution in [-0.2, 0) is 9.63 Å². The summed E-state index contributed by atoms with van der Waals surface area (Å²) in [5, 5.41) is 7.01. The third kappa shape index (κ3) is 4.49. The van der Waals surface area contributed by atoms with Crippen LogP contribution in [0.3, 0.4) is 0 Å². The molecule has 0 saturated carbocycles. The summed E-state index contributed by atoms with van der Waals surface area (Å²) in [5.74, 6) is 1.38. The fourth-order valence-electron chi connectivity index (χ4n) is 3.56. The highest BCUT2D eigenvalue weighted by atomic mass is 35.5. The lowest BCUT2D eigenvalue weighted by Crippen LogP contribution is -2.44. The van der Waals surface area contributed by atoms with Gasteiger partial charge in [0.15, 0.2) is 0 Å². The Hall–Kier alpha value is -1.11. The van der Waals surface area contributed by atoms with Crippen molar-refractivity contribution in [2.24, 2.45) is 17.0 Å². The first-order chi connectivity index (χ1) is 11.5. The standard InChI is InChI=1S/C17H24ClN3O2S/c1-11-7-12(2)10-21(9-11)6-5-19-17(22)14-8-13(20-23-14)15-3-4-16(18)24-15/h3-4,11-12,14H,5-10H2,1-2H3,(H,19,22)/t11-,12+,14-/m0/s1. The molecule has 1 amide bonds. The number of rotatable bonds is 5. The highest BCUT2D eigenvalue weighted by Crippen LogP contribution is 2.26. The molecule has 3 atom stereocenters. The van der Waals surface area contributed by atoms with Crippen molar-refractivity contribution in [3.05, 3.63) is 21.3 Å². The van der Waals surface area contributed by atoms with Gasteiger partial charge in [-0.25, -0.2) is 0 Å². The van der Waals surface area contributed by atoms with Crippen LogP contribution in [0.2, 0.25) is 4.34 Å². The Balaban J connectivity index is 1.40. The molecule has 0 aliphatic carbocycles. The molecule has 0 spiro atoms. The molecule has 3 heterocycles. The van der Waals surface area contributed by atoms with Gasteiger partial charge in [-0.15, -0.1) is 11.3 Å². The number of thiophene rings is 1. The predicted octanol–water partition coefficient (Wildman–Crippen LogP) is 2.99. The molecule has 0 bridgehead atoms. The fraction of sp³-hybridized carbons (Fsp3) is 0.647. The van der Waals surface area contributed by atoms with E-state index >= 15 is 0 Å². The first kappa shape index (κ1) is 17.7. The molecule has 1 N–H and O–H groups in total. The number of piperidine rings is 1. The normalized spacial score (nSPS) is 27.6. The van der Waals surface area contributed by atoms with Gasteiger partial charge in [-0.2, -0.15) is 0 Å². The van der Waals surface area contributed by atoms with Gasteiger partial charge in [-0.05, 0) is 30.4 Å². The minimum Gasteiger partial charge on any atom is -0.382 e. The second-order valence-corrected chi connectivity index (χ2v) is 8.65. The molecular weight excluding hydrogens is 346 g/mol. The zero-order chi connectivity index (χ0) is 17.1. The Bertz CT molecular complexity index is 609. The third-order valence-electron chi connectivity index (χ3n) is 4.49. The minimum absolute atomic E-state index is 0.0884. The second-order valence-electron chi connectivity index (χ2n) is 6.94. The maximum atomic E-state index is 12.2. The molecule has 1 aromatic heterocycles. The van der Waals surface area contributed by atoms with Crippen LogP contribution in [0.4, 0.5) is 0 Å². The van der Waals surface area contributed by atoms with Crippen molar-refractivity contribution in [1.29, 1.82) is 0 Å². The largest absolute Gasteiger partial charge is 0.382 e. The summed E-state index contributed by atoms with van der Waals surface area (Å²) in [6, 6.07) is 3.74. The molecule has 2 aliphatic rings. The first-order valence-electron chi connectivity index (χ1n) is 8.49. The summed E-state index contributed by atoms with van der Waals surface area (Å²) in [7, 11) is 0. The van der Waals surface area contributed by atoms with Gasteiger partial charge in [0, 0.05) is 32.6 Å². The van der Waals surface area contributed by atoms with E-state index in [0.717, 1.165) is 42.1 Å². The van der Waals surface area contributed by atoms with Crippen molar-refractivity contribution in [2.75, 3.05) is 26.2 Å². The van der Waals surface area contributed by atoms with Gasteiger partial charge in [0.25, 0.3) is 5.91 Å². The van der Waals surface area contributed by atoms with Crippen LogP contribution < -0.4 is 5.32 Å². The van der Waals surface area contributed by atoms with E-state index in [1.54, 1.807) is 0 Å². The van der Waals surface area contributed by atoms with Crippen molar-refractivity contribution >= 4 is 34.6 Å². The molecule has 7 heteroatoms. The Morgan fingerprint density at radius 3 is 2.83 bits per heavy atom. The molecule has 132 valence electrons. The van der Waals surface area contributed by atoms with Crippen molar-refractivity contribution < 1.29 is 9.63 Å². The van der Waals surface area contributed by atoms with Crippen molar-refractivity contribution in [2.45, 2.75) is 32.8 Å². The fourth-order valence-corrected chi connectivity index (χ4v) is 4.59. The number of carbonyl (C=O) groups is 1. The van der Waals surface area contributed by atoms with Crippen LogP contribution in [-0.4, -0.2) is 48.8 Å². The van der Waals surface area contributed by atoms with E-state index in [1.807, 2.05) is 12.1 Å². The number of hydrogen-bond acceptors (Lipinski definition) is 5. The predicted molar refractivity (Wildman–Crippen MR) is 97.8 cm³/mol. The summed E-state index contributed by atoms with van der Waals surface area (Å²) in [4.78, 5) is 20.9. The molecule has 3 rings (SSSR count). The summed E-state index contributed by atoms with van der Waals surface area (Å²) in [5.41, 5.74) is 0.797. The van der Waals surface area contributed by atoms with Crippen LogP contribution in [0, 0.1) is 11.8 Å². The number of carbonyl (C=O) groups excluding carboxylic acids is 1. The zero-order valence-electron chi connectivity index (χ0n) is 14.1. The zero-order valence-corrected chi connectivity index (χ0v) is 15.7. The number of nitrogens with one attached hydrogen (secondary N) is 1. The summed E-state index contributed by atoms with van der Waals surface area (Å²) >= 11 is 7.39. The van der Waals surface area contributed by atoms with Gasteiger partial charge in [0.2, 0.25) is 6.10 Å². The number of hydrogen-bond donors (Lipinski definition) is 1. The summed E-state index contributed by atoms with van der Waals surface area (Å²) in [6.07, 6.45) is 1.27. The van der Waals surface area contributed by atoms with E-state index < -0.39 is 6.10 Å². The van der Waals surface area contributed by atoms with Crippen LogP contribution in [0.15, 0.2) is 17.3 Å². The van der Waals surface area contributed by atoms with E-state index in [4.69, 9.17) is 16.4 Å². The van der Waals surface area contributed by atoms with Gasteiger partial charge in [0.05, 0.1) is 9.21 Å². The molecular formula is C17H24ClN3O2S. The lowest BCUT2D eigenvalue weighted by atomic mass is 9.92. The number of oxime groups is 1. The molecule has 1 aromatic rings. The van der Waals surface area contributed by atoms with E-state index in [0.29, 0.717) is 17.3 Å². The first-order valence-corrected chi connectivity index (χ1v) is 9.69. The Morgan fingerprint density at radius 2 is 2.17 bits per heavy atom. The molecule has 1 fully saturated rings. The van der Waals surface area contributed by atoms with Gasteiger partial charge in [-0.3, -0.25) is 4.79 Å². The number of amides is 1. The average Bonchev–Trinajstić information content (AvgIpc) is 3.14. The summed E-state index contributed by atoms with van der Waals surface area (Å²) in [6.45, 7) is 8.37. The molecule has 24 heavy (non-hydrogen) atoms. The smallest absolute Gasteiger partial charge is 0.264 e. The van der Waals surface area contributed by atoms with Crippen molar-refractivity contribution in [3.63, 3.8) is 0 Å². The average molecular weight is 370 g/mol. The van der Waals surface area contributed by atoms with Crippen LogP contribution in [0.25, 0.3) is 0 Å². The van der Waals surface area contributed by atoms with Gasteiger partial charge in [-0.1, -0.05) is 30.6 Å². The van der Waals surface area contributed by atoms with Crippen LogP contribution >= 0.6 is 22.9 Å². The van der Waals surface area contributed by atoms with Crippen LogP contribution in [0.5, 0.6) is 0 Å². The Labute approximate surface area is 152 Å². The lowest BCUT2D eigenvalue weighted by Gasteiger charge is -2.34. The number of nitrogens with zero attached hydrogens (tertiary/aromatic N) is 2. The quantitative estimate of drug-likeness (QED) is 0.868. The van der Waals surface area contributed by atoms with E-state index in [1.165, 1.54) is 17.8 Å². The van der Waals surface area contributed by atoms with Crippen molar-refractivity contribution in [3.8, 4) is 0 Å². The SMILES string of the molecule is C[C@@H]1C[C@H](C)CN(CCNC(=O)[C@@H]2CC(c3ccc(Cl)s3)=NO2)C1. The molecule has 0 radical (unpaired) electrons. The molecule has 0 aromatic carbocycles. The molecule has 1 saturated heterocycles. The highest BCUT2D eigenvalue weighted by molar-refractivity contribution is 7.18. The monoisotopic (exact) mass is 369 g/mol. The van der Waals surface area contributed by atoms with E-state index in [2.05, 4.69) is 29.2 Å². The molecule has 5 nitrogen and oxygen atoms in total. The number of halogens is 1. The third-order valence-corrected chi connectivity index (χ3v) is 5.77. The van der Waals surface area contributed by atoms with E-state index in [9.17, 15) is 4.79 Å². The van der Waals surface area contributed by atoms with Gasteiger partial charge in [0.1, 0.15) is 5.71 Å². The molecule has 2 aliphatic heterocycles. The molecule has 0 unspecified atom stereocenters. The highest BCUT2D eigenvalue weighted by Gasteiger charge is 2.29. The van der Waals surface area contributed by atoms with Crippen LogP contribution in [0.1, 0.15) is 31.6 Å². The maximum Gasteiger partial charge on any atom is 0.264 e. The Kier molecular flexibility index (Phi) is 5.79.